The molecule has 0 radical (unpaired) electrons. The first-order valence-corrected chi connectivity index (χ1v) is 7.76. The number of para-hydroxylation sites is 1. The lowest BCUT2D eigenvalue weighted by atomic mass is 10.1. The third-order valence-corrected chi connectivity index (χ3v) is 3.80. The monoisotopic (exact) mass is 319 g/mol. The van der Waals surface area contributed by atoms with Crippen LogP contribution in [0, 0.1) is 0 Å². The van der Waals surface area contributed by atoms with Gasteiger partial charge in [-0.15, -0.1) is 0 Å². The summed E-state index contributed by atoms with van der Waals surface area (Å²) in [6, 6.07) is 18.2. The molecule has 3 aromatic rings. The Morgan fingerprint density at radius 2 is 1.92 bits per heavy atom. The summed E-state index contributed by atoms with van der Waals surface area (Å²) in [5.74, 6) is 0.636. The van der Waals surface area contributed by atoms with Crippen molar-refractivity contribution in [1.29, 1.82) is 0 Å². The molecule has 0 unspecified atom stereocenters. The highest BCUT2D eigenvalue weighted by molar-refractivity contribution is 6.05. The fourth-order valence-corrected chi connectivity index (χ4v) is 2.53. The van der Waals surface area contributed by atoms with E-state index in [0.29, 0.717) is 17.6 Å². The van der Waals surface area contributed by atoms with Crippen molar-refractivity contribution in [2.45, 2.75) is 13.3 Å². The topological polar surface area (TPSA) is 59.3 Å². The molecule has 24 heavy (non-hydrogen) atoms. The van der Waals surface area contributed by atoms with Gasteiger partial charge in [0.25, 0.3) is 5.91 Å². The average Bonchev–Trinajstić information content (AvgIpc) is 3.11. The average molecular weight is 319 g/mol. The third kappa shape index (κ3) is 3.27. The van der Waals surface area contributed by atoms with Crippen molar-refractivity contribution >= 4 is 17.9 Å². The van der Waals surface area contributed by atoms with Gasteiger partial charge in [0.2, 0.25) is 0 Å². The Hall–Kier alpha value is -3.14. The SMILES string of the molecule is CCc1ccccc1NC(=O)c1cccc(-c2ccc(C=O)o2)c1. The number of rotatable bonds is 5. The smallest absolute Gasteiger partial charge is 0.255 e. The second kappa shape index (κ2) is 6.96. The number of aldehydes is 1. The van der Waals surface area contributed by atoms with Gasteiger partial charge in [-0.1, -0.05) is 37.3 Å². The molecule has 1 N–H and O–H groups in total. The first-order valence-electron chi connectivity index (χ1n) is 7.76. The molecule has 0 saturated heterocycles. The molecule has 120 valence electrons. The highest BCUT2D eigenvalue weighted by Crippen LogP contribution is 2.23. The van der Waals surface area contributed by atoms with Gasteiger partial charge in [-0.2, -0.15) is 0 Å². The lowest BCUT2D eigenvalue weighted by Gasteiger charge is -2.10. The number of furan rings is 1. The summed E-state index contributed by atoms with van der Waals surface area (Å²) in [4.78, 5) is 23.3. The van der Waals surface area contributed by atoms with E-state index in [4.69, 9.17) is 4.42 Å². The summed E-state index contributed by atoms with van der Waals surface area (Å²) in [7, 11) is 0. The van der Waals surface area contributed by atoms with Crippen molar-refractivity contribution in [3.8, 4) is 11.3 Å². The normalized spacial score (nSPS) is 10.4. The molecule has 0 aliphatic carbocycles. The van der Waals surface area contributed by atoms with Crippen LogP contribution < -0.4 is 5.32 Å². The number of carbonyl (C=O) groups excluding carboxylic acids is 2. The van der Waals surface area contributed by atoms with Gasteiger partial charge in [0.15, 0.2) is 12.0 Å². The van der Waals surface area contributed by atoms with Crippen LogP contribution in [0.1, 0.15) is 33.4 Å². The van der Waals surface area contributed by atoms with E-state index in [1.54, 1.807) is 30.3 Å². The molecule has 0 saturated carbocycles. The van der Waals surface area contributed by atoms with Gasteiger partial charge < -0.3 is 9.73 Å². The summed E-state index contributed by atoms with van der Waals surface area (Å²) >= 11 is 0. The molecule has 0 spiro atoms. The molecule has 0 atom stereocenters. The number of hydrogen-bond donors (Lipinski definition) is 1. The minimum atomic E-state index is -0.181. The van der Waals surface area contributed by atoms with Crippen LogP contribution in [0.4, 0.5) is 5.69 Å². The van der Waals surface area contributed by atoms with E-state index in [1.807, 2.05) is 37.3 Å². The van der Waals surface area contributed by atoms with Gasteiger partial charge in [-0.05, 0) is 42.3 Å². The van der Waals surface area contributed by atoms with Crippen LogP contribution in [0.15, 0.2) is 65.1 Å². The lowest BCUT2D eigenvalue weighted by Crippen LogP contribution is -2.13. The number of aryl methyl sites for hydroxylation is 1. The zero-order valence-electron chi connectivity index (χ0n) is 13.3. The van der Waals surface area contributed by atoms with E-state index in [1.165, 1.54) is 0 Å². The number of hydrogen-bond acceptors (Lipinski definition) is 3. The van der Waals surface area contributed by atoms with Gasteiger partial charge >= 0.3 is 0 Å². The Kier molecular flexibility index (Phi) is 4.57. The summed E-state index contributed by atoms with van der Waals surface area (Å²) < 4.78 is 5.41. The molecule has 0 bridgehead atoms. The highest BCUT2D eigenvalue weighted by Gasteiger charge is 2.11. The minimum absolute atomic E-state index is 0.181. The molecule has 0 aliphatic heterocycles. The van der Waals surface area contributed by atoms with E-state index >= 15 is 0 Å². The maximum atomic E-state index is 12.5. The van der Waals surface area contributed by atoms with Crippen LogP contribution in [0.25, 0.3) is 11.3 Å². The number of nitrogens with one attached hydrogen (secondary N) is 1. The molecule has 1 aromatic heterocycles. The fraction of sp³-hybridized carbons (Fsp3) is 0.100. The van der Waals surface area contributed by atoms with Crippen LogP contribution in [0.3, 0.4) is 0 Å². The Morgan fingerprint density at radius 3 is 2.67 bits per heavy atom. The molecule has 2 aromatic carbocycles. The van der Waals surface area contributed by atoms with E-state index < -0.39 is 0 Å². The van der Waals surface area contributed by atoms with Crippen molar-refractivity contribution < 1.29 is 14.0 Å². The Morgan fingerprint density at radius 1 is 1.08 bits per heavy atom. The number of anilines is 1. The van der Waals surface area contributed by atoms with Crippen LogP contribution in [-0.4, -0.2) is 12.2 Å². The standard InChI is InChI=1S/C20H17NO3/c1-2-14-6-3-4-9-18(14)21-20(23)16-8-5-7-15(12-16)19-11-10-17(13-22)24-19/h3-13H,2H2,1H3,(H,21,23). The molecule has 3 rings (SSSR count). The maximum Gasteiger partial charge on any atom is 0.255 e. The van der Waals surface area contributed by atoms with Crippen molar-refractivity contribution in [2.75, 3.05) is 5.32 Å². The quantitative estimate of drug-likeness (QED) is 0.701. The van der Waals surface area contributed by atoms with Crippen molar-refractivity contribution in [2.24, 2.45) is 0 Å². The van der Waals surface area contributed by atoms with Gasteiger partial charge in [0.05, 0.1) is 0 Å². The fourth-order valence-electron chi connectivity index (χ4n) is 2.53. The molecule has 0 aliphatic rings. The summed E-state index contributed by atoms with van der Waals surface area (Å²) in [6.07, 6.45) is 1.50. The number of benzene rings is 2. The number of amides is 1. The van der Waals surface area contributed by atoms with E-state index in [9.17, 15) is 9.59 Å². The van der Waals surface area contributed by atoms with Gasteiger partial charge in [-0.3, -0.25) is 9.59 Å². The van der Waals surface area contributed by atoms with Crippen molar-refractivity contribution in [3.05, 3.63) is 77.6 Å². The third-order valence-electron chi connectivity index (χ3n) is 3.80. The maximum absolute atomic E-state index is 12.5. The van der Waals surface area contributed by atoms with Crippen LogP contribution in [0.2, 0.25) is 0 Å². The minimum Gasteiger partial charge on any atom is -0.453 e. The van der Waals surface area contributed by atoms with Crippen LogP contribution in [0.5, 0.6) is 0 Å². The van der Waals surface area contributed by atoms with Gasteiger partial charge in [0, 0.05) is 16.8 Å². The van der Waals surface area contributed by atoms with Gasteiger partial charge in [0.1, 0.15) is 5.76 Å². The predicted octanol–water partition coefficient (Wildman–Crippen LogP) is 4.57. The second-order valence-corrected chi connectivity index (χ2v) is 5.37. The first kappa shape index (κ1) is 15.7. The van der Waals surface area contributed by atoms with Crippen LogP contribution in [-0.2, 0) is 6.42 Å². The van der Waals surface area contributed by atoms with Crippen molar-refractivity contribution in [3.63, 3.8) is 0 Å². The van der Waals surface area contributed by atoms with Crippen LogP contribution >= 0.6 is 0 Å². The molecular formula is C20H17NO3. The van der Waals surface area contributed by atoms with E-state index in [-0.39, 0.29) is 11.7 Å². The summed E-state index contributed by atoms with van der Waals surface area (Å²) in [5, 5.41) is 2.95. The molecule has 4 nitrogen and oxygen atoms in total. The number of carbonyl (C=O) groups is 2. The second-order valence-electron chi connectivity index (χ2n) is 5.37. The zero-order valence-corrected chi connectivity index (χ0v) is 13.3. The summed E-state index contributed by atoms with van der Waals surface area (Å²) in [6.45, 7) is 2.05. The summed E-state index contributed by atoms with van der Waals surface area (Å²) in [5.41, 5.74) is 3.18. The first-order chi connectivity index (χ1) is 11.7. The Labute approximate surface area is 140 Å². The lowest BCUT2D eigenvalue weighted by molar-refractivity contribution is 0.102. The molecule has 1 heterocycles. The van der Waals surface area contributed by atoms with E-state index in [2.05, 4.69) is 5.32 Å². The Bertz CT molecular complexity index is 880. The largest absolute Gasteiger partial charge is 0.453 e. The van der Waals surface area contributed by atoms with Gasteiger partial charge in [-0.25, -0.2) is 0 Å². The Balaban J connectivity index is 1.85. The van der Waals surface area contributed by atoms with Crippen molar-refractivity contribution in [1.82, 2.24) is 0 Å². The molecular weight excluding hydrogens is 302 g/mol. The molecule has 1 amide bonds. The predicted molar refractivity (Wildman–Crippen MR) is 93.3 cm³/mol. The molecule has 4 heteroatoms. The van der Waals surface area contributed by atoms with E-state index in [0.717, 1.165) is 23.2 Å². The molecule has 0 fully saturated rings. The highest BCUT2D eigenvalue weighted by atomic mass is 16.3. The zero-order chi connectivity index (χ0) is 16.9.